The molecule has 0 bridgehead atoms. The fourth-order valence-corrected chi connectivity index (χ4v) is 1.62. The molecule has 6 nitrogen and oxygen atoms in total. The Bertz CT molecular complexity index is 448. The Morgan fingerprint density at radius 3 is 2.68 bits per heavy atom. The first-order valence-corrected chi connectivity index (χ1v) is 5.89. The molecule has 1 amide bonds. The molecule has 1 rings (SSSR count). The highest BCUT2D eigenvalue weighted by atomic mass is 16.5. The third-order valence-corrected chi connectivity index (χ3v) is 2.64. The molecule has 0 saturated heterocycles. The lowest BCUT2D eigenvalue weighted by atomic mass is 10.1. The third-order valence-electron chi connectivity index (χ3n) is 2.64. The molecular formula is C13H18N2O4. The zero-order valence-electron chi connectivity index (χ0n) is 10.8. The number of rotatable bonds is 7. The number of benzene rings is 1. The van der Waals surface area contributed by atoms with E-state index in [4.69, 9.17) is 15.6 Å². The fourth-order valence-electron chi connectivity index (χ4n) is 1.62. The maximum Gasteiger partial charge on any atom is 0.328 e. The molecule has 0 fully saturated rings. The minimum Gasteiger partial charge on any atom is -0.480 e. The van der Waals surface area contributed by atoms with Crippen LogP contribution < -0.4 is 11.1 Å². The van der Waals surface area contributed by atoms with Crippen molar-refractivity contribution in [1.82, 2.24) is 5.32 Å². The lowest BCUT2D eigenvalue weighted by Crippen LogP contribution is -2.43. The van der Waals surface area contributed by atoms with Gasteiger partial charge < -0.3 is 20.9 Å². The standard InChI is InChI=1S/C13H18N2O4/c1-19-8-11(13(17)18)15-12(16)7-6-9-4-2-3-5-10(9)14/h2-5,11H,6-8,14H2,1H3,(H,15,16)(H,17,18). The molecule has 0 aliphatic carbocycles. The number of ether oxygens (including phenoxy) is 1. The Hall–Kier alpha value is -2.08. The number of nitrogens with two attached hydrogens (primary N) is 1. The largest absolute Gasteiger partial charge is 0.480 e. The summed E-state index contributed by atoms with van der Waals surface area (Å²) in [4.78, 5) is 22.5. The van der Waals surface area contributed by atoms with Crippen LogP contribution in [0.1, 0.15) is 12.0 Å². The van der Waals surface area contributed by atoms with Crippen molar-refractivity contribution in [2.24, 2.45) is 0 Å². The number of anilines is 1. The Balaban J connectivity index is 2.47. The van der Waals surface area contributed by atoms with E-state index in [1.165, 1.54) is 7.11 Å². The van der Waals surface area contributed by atoms with Crippen molar-refractivity contribution in [2.75, 3.05) is 19.5 Å². The number of carboxylic acid groups (broad SMARTS) is 1. The lowest BCUT2D eigenvalue weighted by molar-refractivity contribution is -0.143. The quantitative estimate of drug-likeness (QED) is 0.621. The number of nitrogen functional groups attached to an aromatic ring is 1. The third kappa shape index (κ3) is 4.97. The van der Waals surface area contributed by atoms with Gasteiger partial charge in [-0.2, -0.15) is 0 Å². The maximum atomic E-state index is 11.6. The predicted molar refractivity (Wildman–Crippen MR) is 70.6 cm³/mol. The minimum atomic E-state index is -1.12. The van der Waals surface area contributed by atoms with E-state index < -0.39 is 12.0 Å². The average Bonchev–Trinajstić information content (AvgIpc) is 2.37. The molecule has 0 saturated carbocycles. The van der Waals surface area contributed by atoms with Crippen LogP contribution in [-0.2, 0) is 20.7 Å². The summed E-state index contributed by atoms with van der Waals surface area (Å²) < 4.78 is 4.73. The highest BCUT2D eigenvalue weighted by Crippen LogP contribution is 2.12. The van der Waals surface area contributed by atoms with Crippen LogP contribution in [0.2, 0.25) is 0 Å². The van der Waals surface area contributed by atoms with Crippen molar-refractivity contribution in [3.63, 3.8) is 0 Å². The lowest BCUT2D eigenvalue weighted by Gasteiger charge is -2.13. The summed E-state index contributed by atoms with van der Waals surface area (Å²) in [6.07, 6.45) is 0.652. The molecular weight excluding hydrogens is 248 g/mol. The molecule has 4 N–H and O–H groups in total. The van der Waals surface area contributed by atoms with Gasteiger partial charge >= 0.3 is 5.97 Å². The number of aliphatic carboxylic acids is 1. The second-order valence-corrected chi connectivity index (χ2v) is 4.11. The topological polar surface area (TPSA) is 102 Å². The van der Waals surface area contributed by atoms with Crippen LogP contribution in [0.25, 0.3) is 0 Å². The number of hydrogen-bond acceptors (Lipinski definition) is 4. The number of carbonyl (C=O) groups is 2. The smallest absolute Gasteiger partial charge is 0.328 e. The highest BCUT2D eigenvalue weighted by Gasteiger charge is 2.19. The van der Waals surface area contributed by atoms with Gasteiger partial charge in [0.15, 0.2) is 6.04 Å². The van der Waals surface area contributed by atoms with E-state index in [1.807, 2.05) is 18.2 Å². The maximum absolute atomic E-state index is 11.6. The summed E-state index contributed by atoms with van der Waals surface area (Å²) in [6.45, 7) is -0.0610. The Morgan fingerprint density at radius 1 is 1.42 bits per heavy atom. The number of amides is 1. The van der Waals surface area contributed by atoms with Crippen molar-refractivity contribution < 1.29 is 19.4 Å². The molecule has 0 radical (unpaired) electrons. The van der Waals surface area contributed by atoms with Gasteiger partial charge in [0, 0.05) is 19.2 Å². The van der Waals surface area contributed by atoms with E-state index in [1.54, 1.807) is 6.07 Å². The fraction of sp³-hybridized carbons (Fsp3) is 0.385. The summed E-state index contributed by atoms with van der Waals surface area (Å²) in [5.41, 5.74) is 7.26. The van der Waals surface area contributed by atoms with Gasteiger partial charge in [-0.3, -0.25) is 4.79 Å². The first-order chi connectivity index (χ1) is 9.04. The summed E-state index contributed by atoms with van der Waals surface area (Å²) in [5, 5.41) is 11.3. The molecule has 19 heavy (non-hydrogen) atoms. The van der Waals surface area contributed by atoms with Crippen LogP contribution in [0, 0.1) is 0 Å². The van der Waals surface area contributed by atoms with Crippen molar-refractivity contribution >= 4 is 17.6 Å². The number of para-hydroxylation sites is 1. The van der Waals surface area contributed by atoms with E-state index in [0.717, 1.165) is 5.56 Å². The van der Waals surface area contributed by atoms with Gasteiger partial charge in [-0.25, -0.2) is 4.79 Å². The van der Waals surface area contributed by atoms with Gasteiger partial charge in [0.25, 0.3) is 0 Å². The molecule has 0 heterocycles. The van der Waals surface area contributed by atoms with Crippen LogP contribution >= 0.6 is 0 Å². The number of hydrogen-bond donors (Lipinski definition) is 3. The second-order valence-electron chi connectivity index (χ2n) is 4.11. The van der Waals surface area contributed by atoms with Crippen LogP contribution in [0.5, 0.6) is 0 Å². The Morgan fingerprint density at radius 2 is 2.11 bits per heavy atom. The monoisotopic (exact) mass is 266 g/mol. The minimum absolute atomic E-state index is 0.0610. The summed E-state index contributed by atoms with van der Waals surface area (Å²) in [5.74, 6) is -1.46. The van der Waals surface area contributed by atoms with Gasteiger partial charge in [-0.05, 0) is 18.1 Å². The highest BCUT2D eigenvalue weighted by molar-refractivity contribution is 5.83. The van der Waals surface area contributed by atoms with Crippen molar-refractivity contribution in [3.05, 3.63) is 29.8 Å². The van der Waals surface area contributed by atoms with Crippen LogP contribution in [0.4, 0.5) is 5.69 Å². The second kappa shape index (κ2) is 7.38. The molecule has 0 aromatic heterocycles. The predicted octanol–water partition coefficient (Wildman–Crippen LogP) is 0.417. The molecule has 0 aliphatic heterocycles. The van der Waals surface area contributed by atoms with E-state index >= 15 is 0 Å². The van der Waals surface area contributed by atoms with Gasteiger partial charge in [-0.15, -0.1) is 0 Å². The van der Waals surface area contributed by atoms with Gasteiger partial charge in [0.05, 0.1) is 6.61 Å². The Labute approximate surface area is 111 Å². The summed E-state index contributed by atoms with van der Waals surface area (Å²) >= 11 is 0. The van der Waals surface area contributed by atoms with Crippen LogP contribution in [-0.4, -0.2) is 36.7 Å². The summed E-state index contributed by atoms with van der Waals surface area (Å²) in [6, 6.07) is 6.24. The van der Waals surface area contributed by atoms with Crippen LogP contribution in [0.3, 0.4) is 0 Å². The number of carbonyl (C=O) groups excluding carboxylic acids is 1. The Kier molecular flexibility index (Phi) is 5.81. The summed E-state index contributed by atoms with van der Waals surface area (Å²) in [7, 11) is 1.38. The molecule has 1 aromatic rings. The van der Waals surface area contributed by atoms with E-state index in [-0.39, 0.29) is 18.9 Å². The van der Waals surface area contributed by atoms with Gasteiger partial charge in [0.1, 0.15) is 0 Å². The first-order valence-electron chi connectivity index (χ1n) is 5.89. The van der Waals surface area contributed by atoms with Crippen LogP contribution in [0.15, 0.2) is 24.3 Å². The van der Waals surface area contributed by atoms with E-state index in [2.05, 4.69) is 5.32 Å². The zero-order valence-corrected chi connectivity index (χ0v) is 10.8. The van der Waals surface area contributed by atoms with Gasteiger partial charge in [0.2, 0.25) is 5.91 Å². The van der Waals surface area contributed by atoms with Crippen molar-refractivity contribution in [3.8, 4) is 0 Å². The van der Waals surface area contributed by atoms with Gasteiger partial charge in [-0.1, -0.05) is 18.2 Å². The molecule has 1 unspecified atom stereocenters. The SMILES string of the molecule is COCC(NC(=O)CCc1ccccc1N)C(=O)O. The van der Waals surface area contributed by atoms with E-state index in [9.17, 15) is 9.59 Å². The average molecular weight is 266 g/mol. The normalized spacial score (nSPS) is 11.8. The molecule has 1 atom stereocenters. The molecule has 104 valence electrons. The number of aryl methyl sites for hydroxylation is 1. The molecule has 6 heteroatoms. The number of carboxylic acids is 1. The first kappa shape index (κ1) is 15.0. The van der Waals surface area contributed by atoms with Crippen molar-refractivity contribution in [2.45, 2.75) is 18.9 Å². The van der Waals surface area contributed by atoms with E-state index in [0.29, 0.717) is 12.1 Å². The van der Waals surface area contributed by atoms with Crippen molar-refractivity contribution in [1.29, 1.82) is 0 Å². The number of methoxy groups -OCH3 is 1. The molecule has 1 aromatic carbocycles. The number of nitrogens with one attached hydrogen (secondary N) is 1. The molecule has 0 aliphatic rings. The molecule has 0 spiro atoms. The zero-order chi connectivity index (χ0) is 14.3.